The fourth-order valence-electron chi connectivity index (χ4n) is 2.74. The zero-order valence-electron chi connectivity index (χ0n) is 12.9. The number of aromatic nitrogens is 2. The Morgan fingerprint density at radius 2 is 2.14 bits per heavy atom. The molecule has 1 aliphatic rings. The summed E-state index contributed by atoms with van der Waals surface area (Å²) in [6.45, 7) is 4.57. The Morgan fingerprint density at radius 1 is 1.32 bits per heavy atom. The smallest absolute Gasteiger partial charge is 0.240 e. The molecular weight excluding hydrogens is 282 g/mol. The van der Waals surface area contributed by atoms with Crippen molar-refractivity contribution < 1.29 is 14.0 Å². The minimum Gasteiger partial charge on any atom is -0.377 e. The number of rotatable bonds is 5. The molecule has 3 rings (SSSR count). The maximum absolute atomic E-state index is 5.83. The number of methoxy groups -OCH3 is 1. The van der Waals surface area contributed by atoms with Gasteiger partial charge in [0.25, 0.3) is 0 Å². The zero-order valence-corrected chi connectivity index (χ0v) is 12.9. The maximum atomic E-state index is 5.83. The largest absolute Gasteiger partial charge is 0.377 e. The molecule has 1 aromatic heterocycles. The highest BCUT2D eigenvalue weighted by Crippen LogP contribution is 2.27. The van der Waals surface area contributed by atoms with Crippen LogP contribution in [0.4, 0.5) is 0 Å². The third-order valence-electron chi connectivity index (χ3n) is 3.78. The first kappa shape index (κ1) is 15.1. The predicted molar refractivity (Wildman–Crippen MR) is 80.0 cm³/mol. The lowest BCUT2D eigenvalue weighted by molar-refractivity contribution is -0.0626. The van der Waals surface area contributed by atoms with Crippen LogP contribution in [0.25, 0.3) is 0 Å². The molecule has 0 bridgehead atoms. The van der Waals surface area contributed by atoms with Gasteiger partial charge in [0, 0.05) is 13.7 Å². The molecule has 0 saturated carbocycles. The van der Waals surface area contributed by atoms with E-state index in [1.54, 1.807) is 7.11 Å². The van der Waals surface area contributed by atoms with Crippen LogP contribution >= 0.6 is 0 Å². The first-order valence-corrected chi connectivity index (χ1v) is 7.47. The Labute approximate surface area is 130 Å². The molecular formula is C16H21N3O3. The van der Waals surface area contributed by atoms with Gasteiger partial charge in [0.15, 0.2) is 5.82 Å². The first-order chi connectivity index (χ1) is 10.8. The minimum absolute atomic E-state index is 0.196. The summed E-state index contributed by atoms with van der Waals surface area (Å²) in [6.07, 6.45) is 0.196. The molecule has 0 radical (unpaired) electrons. The van der Waals surface area contributed by atoms with Gasteiger partial charge in [0.2, 0.25) is 5.89 Å². The van der Waals surface area contributed by atoms with Gasteiger partial charge in [-0.1, -0.05) is 35.5 Å². The quantitative estimate of drug-likeness (QED) is 0.843. The topological polar surface area (TPSA) is 60.6 Å². The third-order valence-corrected chi connectivity index (χ3v) is 3.78. The molecule has 1 fully saturated rings. The van der Waals surface area contributed by atoms with Crippen molar-refractivity contribution in [3.05, 3.63) is 47.6 Å². The summed E-state index contributed by atoms with van der Waals surface area (Å²) < 4.78 is 16.2. The number of morpholine rings is 1. The van der Waals surface area contributed by atoms with E-state index < -0.39 is 0 Å². The second-order valence-electron chi connectivity index (χ2n) is 5.54. The van der Waals surface area contributed by atoms with Gasteiger partial charge in [-0.25, -0.2) is 0 Å². The Hall–Kier alpha value is -1.76. The number of hydrogen-bond acceptors (Lipinski definition) is 6. The van der Waals surface area contributed by atoms with Crippen LogP contribution in [0.2, 0.25) is 0 Å². The van der Waals surface area contributed by atoms with E-state index in [4.69, 9.17) is 14.0 Å². The molecule has 2 unspecified atom stereocenters. The van der Waals surface area contributed by atoms with E-state index in [0.29, 0.717) is 31.5 Å². The Balaban J connectivity index is 1.75. The van der Waals surface area contributed by atoms with Crippen molar-refractivity contribution in [2.24, 2.45) is 0 Å². The van der Waals surface area contributed by atoms with Crippen LogP contribution in [0.1, 0.15) is 30.2 Å². The fraction of sp³-hybridized carbons (Fsp3) is 0.500. The highest BCUT2D eigenvalue weighted by molar-refractivity contribution is 5.19. The Bertz CT molecular complexity index is 587. The maximum Gasteiger partial charge on any atom is 0.240 e. The van der Waals surface area contributed by atoms with E-state index in [1.165, 1.54) is 5.56 Å². The van der Waals surface area contributed by atoms with Crippen molar-refractivity contribution in [3.8, 4) is 0 Å². The summed E-state index contributed by atoms with van der Waals surface area (Å²) in [5.41, 5.74) is 1.24. The third kappa shape index (κ3) is 3.52. The standard InChI is InChI=1S/C16H21N3O3/c1-12-8-19(9-16-17-15(11-20-2)18-22-16)14(10-21-12)13-6-4-3-5-7-13/h3-7,12,14H,8-11H2,1-2H3. The molecule has 0 spiro atoms. The first-order valence-electron chi connectivity index (χ1n) is 7.47. The number of nitrogens with zero attached hydrogens (tertiary/aromatic N) is 3. The van der Waals surface area contributed by atoms with Crippen molar-refractivity contribution in [2.45, 2.75) is 32.2 Å². The molecule has 1 aromatic carbocycles. The van der Waals surface area contributed by atoms with E-state index in [2.05, 4.69) is 46.2 Å². The average Bonchev–Trinajstić information content (AvgIpc) is 2.96. The molecule has 0 aliphatic carbocycles. The Kier molecular flexibility index (Phi) is 4.82. The molecule has 0 amide bonds. The summed E-state index contributed by atoms with van der Waals surface area (Å²) in [7, 11) is 1.62. The molecule has 6 nitrogen and oxygen atoms in total. The Morgan fingerprint density at radius 3 is 2.91 bits per heavy atom. The van der Waals surface area contributed by atoms with Gasteiger partial charge >= 0.3 is 0 Å². The fourth-order valence-corrected chi connectivity index (χ4v) is 2.74. The van der Waals surface area contributed by atoms with Crippen LogP contribution in [-0.2, 0) is 22.6 Å². The van der Waals surface area contributed by atoms with E-state index in [1.807, 2.05) is 6.07 Å². The average molecular weight is 303 g/mol. The van der Waals surface area contributed by atoms with E-state index in [-0.39, 0.29) is 12.1 Å². The van der Waals surface area contributed by atoms with Crippen molar-refractivity contribution >= 4 is 0 Å². The van der Waals surface area contributed by atoms with Crippen LogP contribution in [0.5, 0.6) is 0 Å². The minimum atomic E-state index is 0.196. The van der Waals surface area contributed by atoms with E-state index in [0.717, 1.165) is 6.54 Å². The monoisotopic (exact) mass is 303 g/mol. The summed E-state index contributed by atoms with van der Waals surface area (Å²) in [4.78, 5) is 6.69. The molecule has 2 aromatic rings. The SMILES string of the molecule is COCc1noc(CN2CC(C)OCC2c2ccccc2)n1. The van der Waals surface area contributed by atoms with Gasteiger partial charge in [-0.3, -0.25) is 4.90 Å². The molecule has 2 heterocycles. The summed E-state index contributed by atoms with van der Waals surface area (Å²) in [5, 5.41) is 3.92. The molecule has 1 aliphatic heterocycles. The second-order valence-corrected chi connectivity index (χ2v) is 5.54. The zero-order chi connectivity index (χ0) is 15.4. The predicted octanol–water partition coefficient (Wildman–Crippen LogP) is 2.18. The van der Waals surface area contributed by atoms with Crippen molar-refractivity contribution in [2.75, 3.05) is 20.3 Å². The molecule has 1 saturated heterocycles. The summed E-state index contributed by atoms with van der Waals surface area (Å²) >= 11 is 0. The lowest BCUT2D eigenvalue weighted by Gasteiger charge is -2.38. The van der Waals surface area contributed by atoms with E-state index in [9.17, 15) is 0 Å². The van der Waals surface area contributed by atoms with Crippen molar-refractivity contribution in [1.82, 2.24) is 15.0 Å². The van der Waals surface area contributed by atoms with Gasteiger partial charge in [-0.05, 0) is 12.5 Å². The van der Waals surface area contributed by atoms with Crippen LogP contribution in [-0.4, -0.2) is 41.4 Å². The molecule has 2 atom stereocenters. The lowest BCUT2D eigenvalue weighted by Crippen LogP contribution is -2.43. The van der Waals surface area contributed by atoms with E-state index >= 15 is 0 Å². The van der Waals surface area contributed by atoms with Gasteiger partial charge in [0.1, 0.15) is 6.61 Å². The molecule has 118 valence electrons. The second kappa shape index (κ2) is 7.00. The summed E-state index contributed by atoms with van der Waals surface area (Å²) in [5.74, 6) is 1.19. The van der Waals surface area contributed by atoms with Gasteiger partial charge in [0.05, 0.1) is 25.3 Å². The molecule has 6 heteroatoms. The normalized spacial score (nSPS) is 22.8. The lowest BCUT2D eigenvalue weighted by atomic mass is 10.0. The molecule has 0 N–H and O–H groups in total. The number of benzene rings is 1. The van der Waals surface area contributed by atoms with Crippen LogP contribution < -0.4 is 0 Å². The van der Waals surface area contributed by atoms with Crippen LogP contribution in [0, 0.1) is 0 Å². The summed E-state index contributed by atoms with van der Waals surface area (Å²) in [6, 6.07) is 10.6. The van der Waals surface area contributed by atoms with Crippen LogP contribution in [0.15, 0.2) is 34.9 Å². The number of hydrogen-bond donors (Lipinski definition) is 0. The van der Waals surface area contributed by atoms with Crippen molar-refractivity contribution in [3.63, 3.8) is 0 Å². The highest BCUT2D eigenvalue weighted by atomic mass is 16.5. The van der Waals surface area contributed by atoms with Crippen LogP contribution in [0.3, 0.4) is 0 Å². The molecule has 22 heavy (non-hydrogen) atoms. The van der Waals surface area contributed by atoms with Gasteiger partial charge < -0.3 is 14.0 Å². The van der Waals surface area contributed by atoms with Crippen molar-refractivity contribution in [1.29, 1.82) is 0 Å². The highest BCUT2D eigenvalue weighted by Gasteiger charge is 2.29. The van der Waals surface area contributed by atoms with Gasteiger partial charge in [-0.2, -0.15) is 4.98 Å². The van der Waals surface area contributed by atoms with Gasteiger partial charge in [-0.15, -0.1) is 0 Å². The number of ether oxygens (including phenoxy) is 2.